The van der Waals surface area contributed by atoms with E-state index in [9.17, 15) is 13.2 Å². The van der Waals surface area contributed by atoms with Gasteiger partial charge in [0.25, 0.3) is 5.56 Å². The van der Waals surface area contributed by atoms with Crippen LogP contribution in [0, 0.1) is 0 Å². The van der Waals surface area contributed by atoms with Gasteiger partial charge in [-0.15, -0.1) is 0 Å². The molecule has 41 heavy (non-hydrogen) atoms. The predicted octanol–water partition coefficient (Wildman–Crippen LogP) is 2.15. The molecular weight excluding hydrogens is 546 g/mol. The highest BCUT2D eigenvalue weighted by atomic mass is 32.2. The number of aromatic nitrogens is 7. The van der Waals surface area contributed by atoms with Gasteiger partial charge >= 0.3 is 0 Å². The van der Waals surface area contributed by atoms with Crippen LogP contribution in [0.1, 0.15) is 39.3 Å². The second-order valence-electron chi connectivity index (χ2n) is 10.0. The fourth-order valence-corrected chi connectivity index (χ4v) is 6.48. The highest BCUT2D eigenvalue weighted by Crippen LogP contribution is 2.32. The summed E-state index contributed by atoms with van der Waals surface area (Å²) in [5.41, 5.74) is 1.60. The molecule has 1 aliphatic heterocycles. The topological polar surface area (TPSA) is 144 Å². The van der Waals surface area contributed by atoms with Gasteiger partial charge in [0.05, 0.1) is 35.8 Å². The van der Waals surface area contributed by atoms with E-state index in [4.69, 9.17) is 9.72 Å². The summed E-state index contributed by atoms with van der Waals surface area (Å²) in [4.78, 5) is 27.4. The number of sulfonamides is 1. The maximum absolute atomic E-state index is 13.6. The minimum atomic E-state index is -3.75. The van der Waals surface area contributed by atoms with Crippen LogP contribution in [0.25, 0.3) is 22.4 Å². The quantitative estimate of drug-likeness (QED) is 0.265. The number of benzene rings is 1. The molecule has 0 unspecified atom stereocenters. The zero-order chi connectivity index (χ0) is 29.0. The molecule has 0 spiro atoms. The highest BCUT2D eigenvalue weighted by molar-refractivity contribution is 7.89. The Labute approximate surface area is 239 Å². The molecule has 4 heterocycles. The first-order valence-corrected chi connectivity index (χ1v) is 15.6. The molecule has 1 aliphatic rings. The van der Waals surface area contributed by atoms with Crippen molar-refractivity contribution in [3.63, 3.8) is 0 Å². The van der Waals surface area contributed by atoms with Gasteiger partial charge in [0, 0.05) is 26.2 Å². The van der Waals surface area contributed by atoms with Gasteiger partial charge in [-0.1, -0.05) is 27.2 Å². The van der Waals surface area contributed by atoms with E-state index in [0.29, 0.717) is 69.1 Å². The van der Waals surface area contributed by atoms with Crippen LogP contribution in [-0.2, 0) is 29.5 Å². The SMILES string of the molecule is CCCOc1ccc(S(=O)(=O)N2CCN(CC)CC2)cc1-c1nc2c(CCC)n(CCn3cncn3)nc2c(=O)[nH]1. The molecule has 0 amide bonds. The molecule has 1 fully saturated rings. The van der Waals surface area contributed by atoms with Gasteiger partial charge in [0.1, 0.15) is 29.7 Å². The average Bonchev–Trinajstić information content (AvgIpc) is 3.63. The number of hydrogen-bond donors (Lipinski definition) is 1. The number of H-pyrrole nitrogens is 1. The minimum absolute atomic E-state index is 0.140. The van der Waals surface area contributed by atoms with E-state index in [2.05, 4.69) is 38.9 Å². The summed E-state index contributed by atoms with van der Waals surface area (Å²) in [7, 11) is -3.75. The molecule has 14 heteroatoms. The van der Waals surface area contributed by atoms with Gasteiger partial charge in [-0.3, -0.25) is 14.2 Å². The maximum Gasteiger partial charge on any atom is 0.279 e. The Kier molecular flexibility index (Phi) is 8.80. The largest absolute Gasteiger partial charge is 0.493 e. The van der Waals surface area contributed by atoms with Gasteiger partial charge in [0.15, 0.2) is 5.52 Å². The van der Waals surface area contributed by atoms with Gasteiger partial charge in [-0.25, -0.2) is 18.4 Å². The van der Waals surface area contributed by atoms with Crippen molar-refractivity contribution in [2.75, 3.05) is 39.3 Å². The average molecular weight is 584 g/mol. The van der Waals surface area contributed by atoms with Gasteiger partial charge in [-0.05, 0) is 37.6 Å². The standard InChI is InChI=1S/C27H37N9O4S/c1-4-7-22-24-25(32-36(22)15-12-34-19-28-18-29-34)27(37)31-26(30-24)21-17-20(8-9-23(21)40-16-5-2)41(38,39)35-13-10-33(6-3)11-14-35/h8-9,17-19H,4-7,10-16H2,1-3H3,(H,30,31,37). The van der Waals surface area contributed by atoms with E-state index >= 15 is 0 Å². The summed E-state index contributed by atoms with van der Waals surface area (Å²) in [5, 5.41) is 8.73. The molecule has 1 saturated heterocycles. The number of nitrogens with one attached hydrogen (secondary N) is 1. The van der Waals surface area contributed by atoms with Gasteiger partial charge in [-0.2, -0.15) is 14.5 Å². The molecule has 4 aromatic rings. The summed E-state index contributed by atoms with van der Waals surface area (Å²) in [5.74, 6) is 0.703. The number of piperazine rings is 1. The second-order valence-corrected chi connectivity index (χ2v) is 12.0. The van der Waals surface area contributed by atoms with Crippen molar-refractivity contribution in [2.45, 2.75) is 58.0 Å². The third-order valence-corrected chi connectivity index (χ3v) is 9.17. The number of aromatic amines is 1. The molecule has 0 radical (unpaired) electrons. The number of ether oxygens (including phenoxy) is 1. The van der Waals surface area contributed by atoms with E-state index in [1.54, 1.807) is 33.9 Å². The Morgan fingerprint density at radius 2 is 1.83 bits per heavy atom. The minimum Gasteiger partial charge on any atom is -0.493 e. The van der Waals surface area contributed by atoms with Crippen LogP contribution in [0.5, 0.6) is 5.75 Å². The fraction of sp³-hybridized carbons (Fsp3) is 0.519. The summed E-state index contributed by atoms with van der Waals surface area (Å²) >= 11 is 0. The molecule has 3 aromatic heterocycles. The molecule has 13 nitrogen and oxygen atoms in total. The number of likely N-dealkylation sites (N-methyl/N-ethyl adjacent to an activating group) is 1. The van der Waals surface area contributed by atoms with Crippen molar-refractivity contribution >= 4 is 21.1 Å². The van der Waals surface area contributed by atoms with E-state index in [0.717, 1.165) is 25.1 Å². The van der Waals surface area contributed by atoms with Crippen molar-refractivity contribution < 1.29 is 13.2 Å². The molecule has 0 bridgehead atoms. The van der Waals surface area contributed by atoms with Crippen LogP contribution < -0.4 is 10.3 Å². The van der Waals surface area contributed by atoms with E-state index in [-0.39, 0.29) is 16.2 Å². The van der Waals surface area contributed by atoms with E-state index < -0.39 is 15.6 Å². The zero-order valence-corrected chi connectivity index (χ0v) is 24.6. The van der Waals surface area contributed by atoms with Gasteiger partial charge < -0.3 is 14.6 Å². The number of aryl methyl sites for hydroxylation is 3. The van der Waals surface area contributed by atoms with Crippen LogP contribution in [0.2, 0.25) is 0 Å². The molecule has 0 saturated carbocycles. The number of nitrogens with zero attached hydrogens (tertiary/aromatic N) is 8. The van der Waals surface area contributed by atoms with Gasteiger partial charge in [0.2, 0.25) is 10.0 Å². The number of fused-ring (bicyclic) bond motifs is 1. The Bertz CT molecular complexity index is 1640. The van der Waals surface area contributed by atoms with Crippen LogP contribution in [0.4, 0.5) is 0 Å². The van der Waals surface area contributed by atoms with E-state index in [1.807, 2.05) is 6.92 Å². The fourth-order valence-electron chi connectivity index (χ4n) is 5.03. The summed E-state index contributed by atoms with van der Waals surface area (Å²) in [6.07, 6.45) is 5.37. The van der Waals surface area contributed by atoms with Crippen molar-refractivity contribution in [2.24, 2.45) is 0 Å². The van der Waals surface area contributed by atoms with Crippen LogP contribution >= 0.6 is 0 Å². The van der Waals surface area contributed by atoms with Crippen LogP contribution in [-0.4, -0.2) is 91.5 Å². The Morgan fingerprint density at radius 3 is 2.51 bits per heavy atom. The molecule has 0 aliphatic carbocycles. The first-order valence-electron chi connectivity index (χ1n) is 14.2. The monoisotopic (exact) mass is 583 g/mol. The van der Waals surface area contributed by atoms with Crippen molar-refractivity contribution in [3.8, 4) is 17.1 Å². The zero-order valence-electron chi connectivity index (χ0n) is 23.8. The molecule has 1 aromatic carbocycles. The Balaban J connectivity index is 1.57. The molecule has 0 atom stereocenters. The number of hydrogen-bond acceptors (Lipinski definition) is 9. The Morgan fingerprint density at radius 1 is 1.02 bits per heavy atom. The lowest BCUT2D eigenvalue weighted by Gasteiger charge is -2.33. The first kappa shape index (κ1) is 28.9. The normalized spacial score (nSPS) is 15.1. The lowest BCUT2D eigenvalue weighted by molar-refractivity contribution is 0.196. The number of rotatable bonds is 12. The second kappa shape index (κ2) is 12.5. The van der Waals surface area contributed by atoms with Crippen molar-refractivity contribution in [3.05, 3.63) is 46.9 Å². The molecule has 220 valence electrons. The lowest BCUT2D eigenvalue weighted by atomic mass is 10.1. The van der Waals surface area contributed by atoms with Crippen LogP contribution in [0.3, 0.4) is 0 Å². The molecule has 1 N–H and O–H groups in total. The molecular formula is C27H37N9O4S. The van der Waals surface area contributed by atoms with Crippen molar-refractivity contribution in [1.82, 2.24) is 43.7 Å². The third-order valence-electron chi connectivity index (χ3n) is 7.28. The smallest absolute Gasteiger partial charge is 0.279 e. The van der Waals surface area contributed by atoms with Crippen LogP contribution in [0.15, 0.2) is 40.5 Å². The van der Waals surface area contributed by atoms with E-state index in [1.165, 1.54) is 10.6 Å². The summed E-state index contributed by atoms with van der Waals surface area (Å²) < 4.78 is 38.3. The maximum atomic E-state index is 13.6. The first-order chi connectivity index (χ1) is 19.8. The molecule has 5 rings (SSSR count). The summed E-state index contributed by atoms with van der Waals surface area (Å²) in [6.45, 7) is 10.7. The Hall–Kier alpha value is -3.62. The highest BCUT2D eigenvalue weighted by Gasteiger charge is 2.29. The predicted molar refractivity (Wildman–Crippen MR) is 154 cm³/mol. The summed E-state index contributed by atoms with van der Waals surface area (Å²) in [6, 6.07) is 4.78. The third kappa shape index (κ3) is 6.04. The lowest BCUT2D eigenvalue weighted by Crippen LogP contribution is -2.48. The van der Waals surface area contributed by atoms with Crippen molar-refractivity contribution in [1.29, 1.82) is 0 Å².